The summed E-state index contributed by atoms with van der Waals surface area (Å²) >= 11 is 0. The molecule has 2 aliphatic rings. The maximum atomic E-state index is 13.0. The standard InChI is InChI=1S/C20H26N4O/c1-14-12-16-10-6-7-11-17(16)24(14)19(25)13-18-21-22-20(23(18)2)15-8-4-3-5-9-15/h3-5,8-9,14,16-17H,6-7,10-13H2,1-2H3. The van der Waals surface area contributed by atoms with Crippen molar-refractivity contribution in [3.63, 3.8) is 0 Å². The molecular weight excluding hydrogens is 312 g/mol. The maximum absolute atomic E-state index is 13.0. The van der Waals surface area contributed by atoms with Crippen LogP contribution in [0.5, 0.6) is 0 Å². The molecule has 0 spiro atoms. The lowest BCUT2D eigenvalue weighted by Gasteiger charge is -2.33. The summed E-state index contributed by atoms with van der Waals surface area (Å²) < 4.78 is 1.95. The first-order chi connectivity index (χ1) is 12.1. The summed E-state index contributed by atoms with van der Waals surface area (Å²) in [5, 5.41) is 8.61. The minimum Gasteiger partial charge on any atom is -0.336 e. The van der Waals surface area contributed by atoms with Gasteiger partial charge in [0.2, 0.25) is 5.91 Å². The predicted octanol–water partition coefficient (Wildman–Crippen LogP) is 3.20. The van der Waals surface area contributed by atoms with Crippen molar-refractivity contribution in [2.24, 2.45) is 13.0 Å². The Morgan fingerprint density at radius 3 is 2.72 bits per heavy atom. The zero-order valence-corrected chi connectivity index (χ0v) is 15.1. The maximum Gasteiger partial charge on any atom is 0.230 e. The number of rotatable bonds is 3. The molecule has 2 fully saturated rings. The summed E-state index contributed by atoms with van der Waals surface area (Å²) in [6, 6.07) is 10.8. The molecule has 2 heterocycles. The Hall–Kier alpha value is -2.17. The highest BCUT2D eigenvalue weighted by atomic mass is 16.2. The van der Waals surface area contributed by atoms with Gasteiger partial charge in [-0.05, 0) is 32.1 Å². The van der Waals surface area contributed by atoms with Gasteiger partial charge < -0.3 is 9.47 Å². The van der Waals surface area contributed by atoms with E-state index in [4.69, 9.17) is 0 Å². The number of carbonyl (C=O) groups excluding carboxylic acids is 1. The number of nitrogens with zero attached hydrogens (tertiary/aromatic N) is 4. The summed E-state index contributed by atoms with van der Waals surface area (Å²) in [6.07, 6.45) is 6.50. The van der Waals surface area contributed by atoms with Crippen LogP contribution in [0.4, 0.5) is 0 Å². The fourth-order valence-electron chi connectivity index (χ4n) is 4.72. The number of amides is 1. The average Bonchev–Trinajstić information content (AvgIpc) is 3.15. The van der Waals surface area contributed by atoms with Crippen LogP contribution >= 0.6 is 0 Å². The molecule has 3 atom stereocenters. The van der Waals surface area contributed by atoms with Crippen molar-refractivity contribution >= 4 is 5.91 Å². The van der Waals surface area contributed by atoms with Crippen molar-refractivity contribution < 1.29 is 4.79 Å². The van der Waals surface area contributed by atoms with Crippen LogP contribution in [-0.2, 0) is 18.3 Å². The number of hydrogen-bond donors (Lipinski definition) is 0. The first kappa shape index (κ1) is 16.3. The van der Waals surface area contributed by atoms with E-state index in [1.54, 1.807) is 0 Å². The fourth-order valence-corrected chi connectivity index (χ4v) is 4.72. The van der Waals surface area contributed by atoms with E-state index in [0.29, 0.717) is 24.4 Å². The predicted molar refractivity (Wildman–Crippen MR) is 96.8 cm³/mol. The Morgan fingerprint density at radius 2 is 1.92 bits per heavy atom. The Morgan fingerprint density at radius 1 is 1.16 bits per heavy atom. The van der Waals surface area contributed by atoms with Crippen LogP contribution in [0.25, 0.3) is 11.4 Å². The van der Waals surface area contributed by atoms with E-state index < -0.39 is 0 Å². The van der Waals surface area contributed by atoms with Crippen molar-refractivity contribution in [3.8, 4) is 11.4 Å². The van der Waals surface area contributed by atoms with Gasteiger partial charge in [-0.1, -0.05) is 43.2 Å². The van der Waals surface area contributed by atoms with Gasteiger partial charge in [-0.2, -0.15) is 0 Å². The second-order valence-electron chi connectivity index (χ2n) is 7.54. The highest BCUT2D eigenvalue weighted by Crippen LogP contribution is 2.39. The molecule has 1 aliphatic carbocycles. The van der Waals surface area contributed by atoms with E-state index in [9.17, 15) is 4.79 Å². The molecule has 25 heavy (non-hydrogen) atoms. The van der Waals surface area contributed by atoms with Gasteiger partial charge in [0.1, 0.15) is 5.82 Å². The number of aromatic nitrogens is 3. The smallest absolute Gasteiger partial charge is 0.230 e. The summed E-state index contributed by atoms with van der Waals surface area (Å²) in [5.41, 5.74) is 1.03. The van der Waals surface area contributed by atoms with Gasteiger partial charge in [-0.15, -0.1) is 10.2 Å². The van der Waals surface area contributed by atoms with Crippen LogP contribution in [0.3, 0.4) is 0 Å². The SMILES string of the molecule is CC1CC2CCCCC2N1C(=O)Cc1nnc(-c2ccccc2)n1C. The molecule has 2 aromatic rings. The Balaban J connectivity index is 1.52. The second-order valence-corrected chi connectivity index (χ2v) is 7.54. The van der Waals surface area contributed by atoms with Crippen molar-refractivity contribution in [2.75, 3.05) is 0 Å². The van der Waals surface area contributed by atoms with Crippen LogP contribution in [0.1, 0.15) is 44.9 Å². The van der Waals surface area contributed by atoms with E-state index in [0.717, 1.165) is 30.1 Å². The third-order valence-corrected chi connectivity index (χ3v) is 5.94. The molecule has 5 heteroatoms. The normalized spacial score (nSPS) is 25.8. The van der Waals surface area contributed by atoms with Crippen molar-refractivity contribution in [3.05, 3.63) is 36.2 Å². The van der Waals surface area contributed by atoms with Gasteiger partial charge in [0.15, 0.2) is 5.82 Å². The van der Waals surface area contributed by atoms with Gasteiger partial charge in [0, 0.05) is 24.7 Å². The third-order valence-electron chi connectivity index (χ3n) is 5.94. The van der Waals surface area contributed by atoms with Crippen LogP contribution in [0, 0.1) is 5.92 Å². The summed E-state index contributed by atoms with van der Waals surface area (Å²) in [6.45, 7) is 2.20. The van der Waals surface area contributed by atoms with Crippen molar-refractivity contribution in [1.29, 1.82) is 0 Å². The second kappa shape index (κ2) is 6.62. The largest absolute Gasteiger partial charge is 0.336 e. The molecule has 132 valence electrons. The zero-order chi connectivity index (χ0) is 17.4. The van der Waals surface area contributed by atoms with Crippen LogP contribution in [-0.4, -0.2) is 37.7 Å². The molecule has 4 rings (SSSR count). The Bertz CT molecular complexity index is 754. The monoisotopic (exact) mass is 338 g/mol. The van der Waals surface area contributed by atoms with Crippen LogP contribution in [0.15, 0.2) is 30.3 Å². The molecule has 1 saturated heterocycles. The molecule has 1 saturated carbocycles. The van der Waals surface area contributed by atoms with Crippen molar-refractivity contribution in [2.45, 2.75) is 57.5 Å². The van der Waals surface area contributed by atoms with E-state index in [2.05, 4.69) is 22.0 Å². The average molecular weight is 338 g/mol. The quantitative estimate of drug-likeness (QED) is 0.863. The molecule has 0 bridgehead atoms. The lowest BCUT2D eigenvalue weighted by molar-refractivity contribution is -0.134. The van der Waals surface area contributed by atoms with Crippen molar-refractivity contribution in [1.82, 2.24) is 19.7 Å². The minimum atomic E-state index is 0.206. The van der Waals surface area contributed by atoms with Gasteiger partial charge in [0.05, 0.1) is 6.42 Å². The molecule has 0 radical (unpaired) electrons. The van der Waals surface area contributed by atoms with E-state index in [1.165, 1.54) is 19.3 Å². The van der Waals surface area contributed by atoms with Crippen LogP contribution in [0.2, 0.25) is 0 Å². The molecule has 1 aliphatic heterocycles. The number of fused-ring (bicyclic) bond motifs is 1. The number of likely N-dealkylation sites (tertiary alicyclic amines) is 1. The van der Waals surface area contributed by atoms with E-state index in [1.807, 2.05) is 41.9 Å². The van der Waals surface area contributed by atoms with Gasteiger partial charge in [0.25, 0.3) is 0 Å². The lowest BCUT2D eigenvalue weighted by atomic mass is 9.85. The first-order valence-electron chi connectivity index (χ1n) is 9.40. The Kier molecular flexibility index (Phi) is 4.32. The zero-order valence-electron chi connectivity index (χ0n) is 15.1. The topological polar surface area (TPSA) is 51.0 Å². The fraction of sp³-hybridized carbons (Fsp3) is 0.550. The summed E-state index contributed by atoms with van der Waals surface area (Å²) in [5.74, 6) is 2.47. The lowest BCUT2D eigenvalue weighted by Crippen LogP contribution is -2.43. The number of benzene rings is 1. The minimum absolute atomic E-state index is 0.206. The Labute approximate surface area is 149 Å². The van der Waals surface area contributed by atoms with E-state index in [-0.39, 0.29) is 5.91 Å². The summed E-state index contributed by atoms with van der Waals surface area (Å²) in [7, 11) is 1.95. The summed E-state index contributed by atoms with van der Waals surface area (Å²) in [4.78, 5) is 15.2. The number of carbonyl (C=O) groups is 1. The highest BCUT2D eigenvalue weighted by Gasteiger charge is 2.42. The van der Waals surface area contributed by atoms with Crippen LogP contribution < -0.4 is 0 Å². The molecular formula is C20H26N4O. The molecule has 1 aromatic carbocycles. The molecule has 5 nitrogen and oxygen atoms in total. The molecule has 0 N–H and O–H groups in total. The number of hydrogen-bond acceptors (Lipinski definition) is 3. The molecule has 1 aromatic heterocycles. The first-order valence-corrected chi connectivity index (χ1v) is 9.40. The third kappa shape index (κ3) is 2.96. The van der Waals surface area contributed by atoms with Gasteiger partial charge in [-0.3, -0.25) is 4.79 Å². The molecule has 1 amide bonds. The van der Waals surface area contributed by atoms with Gasteiger partial charge in [-0.25, -0.2) is 0 Å². The van der Waals surface area contributed by atoms with Gasteiger partial charge >= 0.3 is 0 Å². The molecule has 3 unspecified atom stereocenters. The highest BCUT2D eigenvalue weighted by molar-refractivity contribution is 5.79. The van der Waals surface area contributed by atoms with E-state index >= 15 is 0 Å².